The molecule has 1 aliphatic heterocycles. The SMILES string of the molecule is FC(F)(F)c1ccc(-c2nc(NCCCN3CCCC3)nc(C(Cl)(Cl)Cl)n2)cc1. The first kappa shape index (κ1) is 22.3. The molecule has 29 heavy (non-hydrogen) atoms. The van der Waals surface area contributed by atoms with Gasteiger partial charge in [0.05, 0.1) is 5.56 Å². The molecule has 158 valence electrons. The molecule has 0 unspecified atom stereocenters. The van der Waals surface area contributed by atoms with E-state index in [9.17, 15) is 13.2 Å². The zero-order valence-electron chi connectivity index (χ0n) is 15.3. The Morgan fingerprint density at radius 3 is 2.21 bits per heavy atom. The monoisotopic (exact) mass is 467 g/mol. The number of alkyl halides is 6. The molecule has 0 atom stereocenters. The molecule has 1 aromatic heterocycles. The molecule has 0 saturated carbocycles. The van der Waals surface area contributed by atoms with Crippen LogP contribution in [0, 0.1) is 0 Å². The summed E-state index contributed by atoms with van der Waals surface area (Å²) in [4.78, 5) is 14.9. The van der Waals surface area contributed by atoms with Crippen LogP contribution in [-0.4, -0.2) is 46.0 Å². The van der Waals surface area contributed by atoms with E-state index in [-0.39, 0.29) is 17.6 Å². The molecule has 1 aliphatic rings. The number of nitrogens with one attached hydrogen (secondary N) is 1. The highest BCUT2D eigenvalue weighted by molar-refractivity contribution is 6.66. The largest absolute Gasteiger partial charge is 0.416 e. The van der Waals surface area contributed by atoms with Crippen LogP contribution in [0.3, 0.4) is 0 Å². The van der Waals surface area contributed by atoms with Crippen LogP contribution in [0.1, 0.15) is 30.7 Å². The highest BCUT2D eigenvalue weighted by Crippen LogP contribution is 2.37. The van der Waals surface area contributed by atoms with Gasteiger partial charge in [0.2, 0.25) is 9.74 Å². The third-order valence-electron chi connectivity index (χ3n) is 4.49. The van der Waals surface area contributed by atoms with Crippen molar-refractivity contribution in [2.45, 2.75) is 29.2 Å². The van der Waals surface area contributed by atoms with E-state index in [4.69, 9.17) is 34.8 Å². The number of hydrogen-bond acceptors (Lipinski definition) is 5. The van der Waals surface area contributed by atoms with E-state index in [1.165, 1.54) is 25.0 Å². The molecule has 11 heteroatoms. The highest BCUT2D eigenvalue weighted by Gasteiger charge is 2.31. The first-order valence-electron chi connectivity index (χ1n) is 9.10. The van der Waals surface area contributed by atoms with Gasteiger partial charge in [-0.2, -0.15) is 23.1 Å². The van der Waals surface area contributed by atoms with Crippen molar-refractivity contribution in [2.24, 2.45) is 0 Å². The Hall–Kier alpha value is -1.35. The zero-order chi connectivity index (χ0) is 21.1. The maximum absolute atomic E-state index is 12.8. The van der Waals surface area contributed by atoms with Gasteiger partial charge in [0, 0.05) is 12.1 Å². The van der Waals surface area contributed by atoms with Crippen molar-refractivity contribution in [3.63, 3.8) is 0 Å². The Bertz CT molecular complexity index is 819. The van der Waals surface area contributed by atoms with E-state index in [1.54, 1.807) is 0 Å². The van der Waals surface area contributed by atoms with E-state index in [1.807, 2.05) is 0 Å². The minimum Gasteiger partial charge on any atom is -0.354 e. The van der Waals surface area contributed by atoms with Gasteiger partial charge in [-0.15, -0.1) is 0 Å². The van der Waals surface area contributed by atoms with Crippen LogP contribution in [-0.2, 0) is 9.97 Å². The lowest BCUT2D eigenvalue weighted by atomic mass is 10.1. The van der Waals surface area contributed by atoms with Crippen LogP contribution in [0.4, 0.5) is 19.1 Å². The van der Waals surface area contributed by atoms with Crippen molar-refractivity contribution < 1.29 is 13.2 Å². The number of halogens is 6. The molecule has 0 aliphatic carbocycles. The van der Waals surface area contributed by atoms with Gasteiger partial charge in [-0.1, -0.05) is 46.9 Å². The van der Waals surface area contributed by atoms with Crippen molar-refractivity contribution in [3.8, 4) is 11.4 Å². The molecule has 5 nitrogen and oxygen atoms in total. The molecule has 0 radical (unpaired) electrons. The Morgan fingerprint density at radius 2 is 1.62 bits per heavy atom. The molecule has 0 bridgehead atoms. The van der Waals surface area contributed by atoms with E-state index in [0.29, 0.717) is 12.1 Å². The Morgan fingerprint density at radius 1 is 0.966 bits per heavy atom. The first-order chi connectivity index (χ1) is 13.6. The van der Waals surface area contributed by atoms with E-state index >= 15 is 0 Å². The van der Waals surface area contributed by atoms with Crippen LogP contribution in [0.5, 0.6) is 0 Å². The summed E-state index contributed by atoms with van der Waals surface area (Å²) in [6.07, 6.45) is -1.10. The van der Waals surface area contributed by atoms with Crippen LogP contribution >= 0.6 is 34.8 Å². The van der Waals surface area contributed by atoms with Crippen LogP contribution in [0.25, 0.3) is 11.4 Å². The van der Waals surface area contributed by atoms with Gasteiger partial charge in [0.25, 0.3) is 0 Å². The summed E-state index contributed by atoms with van der Waals surface area (Å²) in [5, 5.41) is 3.08. The second-order valence-corrected chi connectivity index (χ2v) is 8.99. The highest BCUT2D eigenvalue weighted by atomic mass is 35.6. The smallest absolute Gasteiger partial charge is 0.354 e. The minimum atomic E-state index is -4.43. The van der Waals surface area contributed by atoms with Crippen molar-refractivity contribution in [2.75, 3.05) is 31.5 Å². The normalized spacial score (nSPS) is 15.7. The first-order valence-corrected chi connectivity index (χ1v) is 10.2. The van der Waals surface area contributed by atoms with Crippen LogP contribution < -0.4 is 5.32 Å². The lowest BCUT2D eigenvalue weighted by Crippen LogP contribution is -2.23. The maximum atomic E-state index is 12.8. The standard InChI is InChI=1S/C18H19Cl3F3N5/c19-17(20,21)15-26-14(12-4-6-13(7-5-12)18(22,23)24)27-16(28-15)25-8-3-11-29-9-1-2-10-29/h4-7H,1-3,8-11H2,(H,25,26,27,28). The molecule has 2 heterocycles. The fourth-order valence-corrected chi connectivity index (χ4v) is 3.28. The second kappa shape index (κ2) is 9.20. The summed E-state index contributed by atoms with van der Waals surface area (Å²) >= 11 is 17.8. The van der Waals surface area contributed by atoms with Gasteiger partial charge in [0.15, 0.2) is 11.6 Å². The molecule has 1 N–H and O–H groups in total. The van der Waals surface area contributed by atoms with Gasteiger partial charge in [-0.25, -0.2) is 4.98 Å². The predicted octanol–water partition coefficient (Wildman–Crippen LogP) is 5.28. The summed E-state index contributed by atoms with van der Waals surface area (Å²) in [6, 6.07) is 4.46. The maximum Gasteiger partial charge on any atom is 0.416 e. The summed E-state index contributed by atoms with van der Waals surface area (Å²) in [5.41, 5.74) is -0.409. The van der Waals surface area contributed by atoms with Crippen molar-refractivity contribution in [1.29, 1.82) is 0 Å². The second-order valence-electron chi connectivity index (χ2n) is 6.71. The summed E-state index contributed by atoms with van der Waals surface area (Å²) < 4.78 is 36.5. The molecule has 0 spiro atoms. The zero-order valence-corrected chi connectivity index (χ0v) is 17.6. The van der Waals surface area contributed by atoms with Gasteiger partial charge in [-0.3, -0.25) is 0 Å². The lowest BCUT2D eigenvalue weighted by molar-refractivity contribution is -0.137. The lowest BCUT2D eigenvalue weighted by Gasteiger charge is -2.15. The van der Waals surface area contributed by atoms with E-state index in [0.717, 1.165) is 38.2 Å². The molecule has 0 amide bonds. The fraction of sp³-hybridized carbons (Fsp3) is 0.500. The molecule has 2 aromatic rings. The summed E-state index contributed by atoms with van der Waals surface area (Å²) in [7, 11) is 0. The molecule has 1 fully saturated rings. The average molecular weight is 469 g/mol. The third kappa shape index (κ3) is 6.31. The van der Waals surface area contributed by atoms with Gasteiger partial charge in [-0.05, 0) is 51.0 Å². The topological polar surface area (TPSA) is 53.9 Å². The molecular weight excluding hydrogens is 450 g/mol. The number of nitrogens with zero attached hydrogens (tertiary/aromatic N) is 4. The molecule has 3 rings (SSSR count). The van der Waals surface area contributed by atoms with Gasteiger partial charge in [0.1, 0.15) is 0 Å². The molecule has 1 aromatic carbocycles. The van der Waals surface area contributed by atoms with E-state index < -0.39 is 15.5 Å². The number of aromatic nitrogens is 3. The van der Waals surface area contributed by atoms with Crippen LogP contribution in [0.15, 0.2) is 24.3 Å². The van der Waals surface area contributed by atoms with Crippen molar-refractivity contribution in [3.05, 3.63) is 35.7 Å². The van der Waals surface area contributed by atoms with Crippen LogP contribution in [0.2, 0.25) is 0 Å². The average Bonchev–Trinajstić information content (AvgIpc) is 3.17. The molecule has 1 saturated heterocycles. The number of benzene rings is 1. The Labute approximate surface area is 181 Å². The molecular formula is C18H19Cl3F3N5. The van der Waals surface area contributed by atoms with Gasteiger partial charge < -0.3 is 10.2 Å². The quantitative estimate of drug-likeness (QED) is 0.462. The van der Waals surface area contributed by atoms with Gasteiger partial charge >= 0.3 is 6.18 Å². The van der Waals surface area contributed by atoms with E-state index in [2.05, 4.69) is 25.2 Å². The summed E-state index contributed by atoms with van der Waals surface area (Å²) in [5.74, 6) is 0.226. The number of likely N-dealkylation sites (tertiary alicyclic amines) is 1. The van der Waals surface area contributed by atoms with Crippen molar-refractivity contribution >= 4 is 40.8 Å². The Kier molecular flexibility index (Phi) is 7.09. The summed E-state index contributed by atoms with van der Waals surface area (Å²) in [6.45, 7) is 3.79. The third-order valence-corrected chi connectivity index (χ3v) is 5.00. The van der Waals surface area contributed by atoms with Crippen molar-refractivity contribution in [1.82, 2.24) is 19.9 Å². The minimum absolute atomic E-state index is 0.102. The Balaban J connectivity index is 1.76. The number of rotatable bonds is 6. The number of anilines is 1. The number of hydrogen-bond donors (Lipinski definition) is 1. The predicted molar refractivity (Wildman–Crippen MR) is 108 cm³/mol. The fourth-order valence-electron chi connectivity index (χ4n) is 3.03.